The molecule has 7 heteroatoms. The van der Waals surface area contributed by atoms with Gasteiger partial charge in [-0.1, -0.05) is 30.3 Å². The zero-order chi connectivity index (χ0) is 17.1. The molecule has 0 bridgehead atoms. The van der Waals surface area contributed by atoms with Gasteiger partial charge in [0.2, 0.25) is 0 Å². The summed E-state index contributed by atoms with van der Waals surface area (Å²) in [6.07, 6.45) is 1.68. The molecule has 0 unspecified atom stereocenters. The number of aromatic nitrogens is 4. The molecule has 0 atom stereocenters. The van der Waals surface area contributed by atoms with Gasteiger partial charge < -0.3 is 15.5 Å². The molecule has 0 fully saturated rings. The Balaban J connectivity index is 1.96. The molecule has 3 N–H and O–H groups in total. The van der Waals surface area contributed by atoms with E-state index in [-0.39, 0.29) is 17.3 Å². The van der Waals surface area contributed by atoms with Crippen LogP contribution in [0.5, 0.6) is 0 Å². The van der Waals surface area contributed by atoms with Gasteiger partial charge in [-0.05, 0) is 18.9 Å². The molecule has 0 saturated heterocycles. The predicted octanol–water partition coefficient (Wildman–Crippen LogP) is 1.66. The molecule has 0 aliphatic heterocycles. The smallest absolute Gasteiger partial charge is 0.328 e. The lowest BCUT2D eigenvalue weighted by Crippen LogP contribution is -2.17. The Morgan fingerprint density at radius 3 is 2.71 bits per heavy atom. The molecule has 7 nitrogen and oxygen atoms in total. The summed E-state index contributed by atoms with van der Waals surface area (Å²) in [7, 11) is 0. The van der Waals surface area contributed by atoms with E-state index in [9.17, 15) is 9.59 Å². The number of hydrogen-bond acceptors (Lipinski definition) is 5. The summed E-state index contributed by atoms with van der Waals surface area (Å²) in [5, 5.41) is 0. The third-order valence-electron chi connectivity index (χ3n) is 3.81. The molecule has 0 aliphatic carbocycles. The second kappa shape index (κ2) is 6.66. The van der Waals surface area contributed by atoms with Crippen molar-refractivity contribution in [3.63, 3.8) is 0 Å². The second-order valence-corrected chi connectivity index (χ2v) is 5.78. The van der Waals surface area contributed by atoms with Gasteiger partial charge in [0.05, 0.1) is 6.54 Å². The molecule has 0 saturated carbocycles. The Morgan fingerprint density at radius 1 is 1.25 bits per heavy atom. The fourth-order valence-corrected chi connectivity index (χ4v) is 2.62. The molecule has 2 aromatic heterocycles. The number of nitrogen functional groups attached to an aromatic ring is 1. The first-order valence-electron chi connectivity index (χ1n) is 7.83. The lowest BCUT2D eigenvalue weighted by molar-refractivity contribution is -0.117. The standard InChI is InChI=1S/C17H19N5O2/c1-11(23)6-5-9-13-19-15(18)14-16(20-13)22(17(24)21-14)10-12-7-3-2-4-8-12/h2-4,7-8H,5-6,9-10H2,1H3,(H,21,24)(H2,18,19,20). The number of H-pyrrole nitrogens is 1. The number of ketones is 1. The highest BCUT2D eigenvalue weighted by Gasteiger charge is 2.14. The minimum Gasteiger partial charge on any atom is -0.382 e. The quantitative estimate of drug-likeness (QED) is 0.717. The van der Waals surface area contributed by atoms with Gasteiger partial charge in [-0.2, -0.15) is 0 Å². The third-order valence-corrected chi connectivity index (χ3v) is 3.81. The molecular weight excluding hydrogens is 306 g/mol. The molecule has 124 valence electrons. The van der Waals surface area contributed by atoms with Crippen LogP contribution in [0.25, 0.3) is 11.2 Å². The van der Waals surface area contributed by atoms with Crippen molar-refractivity contribution in [2.75, 3.05) is 5.73 Å². The average molecular weight is 325 g/mol. The van der Waals surface area contributed by atoms with E-state index in [0.29, 0.717) is 42.8 Å². The van der Waals surface area contributed by atoms with Crippen LogP contribution in [0.4, 0.5) is 5.82 Å². The fraction of sp³-hybridized carbons (Fsp3) is 0.294. The van der Waals surface area contributed by atoms with Gasteiger partial charge in [-0.15, -0.1) is 0 Å². The third kappa shape index (κ3) is 3.34. The highest BCUT2D eigenvalue weighted by Crippen LogP contribution is 2.16. The lowest BCUT2D eigenvalue weighted by Gasteiger charge is -2.05. The Kier molecular flexibility index (Phi) is 4.41. The first-order valence-corrected chi connectivity index (χ1v) is 7.83. The summed E-state index contributed by atoms with van der Waals surface area (Å²) >= 11 is 0. The van der Waals surface area contributed by atoms with Crippen LogP contribution in [0.15, 0.2) is 35.1 Å². The Hall–Kier alpha value is -2.96. The number of carbonyl (C=O) groups is 1. The molecular formula is C17H19N5O2. The van der Waals surface area contributed by atoms with Gasteiger partial charge in [0.15, 0.2) is 11.5 Å². The summed E-state index contributed by atoms with van der Waals surface area (Å²) < 4.78 is 1.55. The molecule has 0 aliphatic rings. The van der Waals surface area contributed by atoms with Crippen molar-refractivity contribution >= 4 is 22.8 Å². The first kappa shape index (κ1) is 15.9. The SMILES string of the molecule is CC(=O)CCCc1nc(N)c2[nH]c(=O)n(Cc3ccccc3)c2n1. The van der Waals surface area contributed by atoms with E-state index in [0.717, 1.165) is 5.56 Å². The number of hydrogen-bond donors (Lipinski definition) is 2. The molecule has 0 radical (unpaired) electrons. The van der Waals surface area contributed by atoms with Gasteiger partial charge in [-0.3, -0.25) is 4.57 Å². The Morgan fingerprint density at radius 2 is 2.00 bits per heavy atom. The van der Waals surface area contributed by atoms with Crippen LogP contribution in [0.2, 0.25) is 0 Å². The van der Waals surface area contributed by atoms with Crippen LogP contribution >= 0.6 is 0 Å². The maximum absolute atomic E-state index is 12.2. The van der Waals surface area contributed by atoms with Crippen molar-refractivity contribution in [2.45, 2.75) is 32.7 Å². The normalized spacial score (nSPS) is 11.0. The Bertz CT molecular complexity index is 927. The largest absolute Gasteiger partial charge is 0.382 e. The number of aryl methyl sites for hydroxylation is 1. The van der Waals surface area contributed by atoms with E-state index in [4.69, 9.17) is 5.73 Å². The number of Topliss-reactive ketones (excluding diaryl/α,β-unsaturated/α-hetero) is 1. The molecule has 3 aromatic rings. The van der Waals surface area contributed by atoms with Crippen molar-refractivity contribution in [2.24, 2.45) is 0 Å². The van der Waals surface area contributed by atoms with Crippen molar-refractivity contribution in [1.82, 2.24) is 19.5 Å². The van der Waals surface area contributed by atoms with E-state index >= 15 is 0 Å². The van der Waals surface area contributed by atoms with Gasteiger partial charge >= 0.3 is 5.69 Å². The summed E-state index contributed by atoms with van der Waals surface area (Å²) in [4.78, 5) is 34.7. The number of aromatic amines is 1. The van der Waals surface area contributed by atoms with Crippen LogP contribution in [0.3, 0.4) is 0 Å². The van der Waals surface area contributed by atoms with Gasteiger partial charge in [0.25, 0.3) is 0 Å². The van der Waals surface area contributed by atoms with E-state index in [1.807, 2.05) is 30.3 Å². The number of carbonyl (C=O) groups excluding carboxylic acids is 1. The Labute approximate surface area is 138 Å². The number of fused-ring (bicyclic) bond motifs is 1. The fourth-order valence-electron chi connectivity index (χ4n) is 2.62. The highest BCUT2D eigenvalue weighted by atomic mass is 16.1. The van der Waals surface area contributed by atoms with E-state index < -0.39 is 0 Å². The first-order chi connectivity index (χ1) is 11.5. The molecule has 24 heavy (non-hydrogen) atoms. The number of rotatable bonds is 6. The molecule has 1 aromatic carbocycles. The lowest BCUT2D eigenvalue weighted by atomic mass is 10.2. The number of nitrogens with zero attached hydrogens (tertiary/aromatic N) is 3. The molecule has 0 spiro atoms. The van der Waals surface area contributed by atoms with Crippen LogP contribution in [-0.2, 0) is 17.8 Å². The van der Waals surface area contributed by atoms with Gasteiger partial charge in [0.1, 0.15) is 17.1 Å². The zero-order valence-corrected chi connectivity index (χ0v) is 13.5. The van der Waals surface area contributed by atoms with Crippen molar-refractivity contribution in [3.05, 3.63) is 52.2 Å². The number of nitrogens with two attached hydrogens (primary N) is 1. The highest BCUT2D eigenvalue weighted by molar-refractivity contribution is 5.81. The summed E-state index contributed by atoms with van der Waals surface area (Å²) in [6.45, 7) is 1.96. The molecule has 3 rings (SSSR count). The van der Waals surface area contributed by atoms with Crippen LogP contribution in [-0.4, -0.2) is 25.3 Å². The summed E-state index contributed by atoms with van der Waals surface area (Å²) in [6, 6.07) is 9.67. The van der Waals surface area contributed by atoms with E-state index in [1.54, 1.807) is 11.5 Å². The predicted molar refractivity (Wildman–Crippen MR) is 91.7 cm³/mol. The van der Waals surface area contributed by atoms with Crippen molar-refractivity contribution in [1.29, 1.82) is 0 Å². The van der Waals surface area contributed by atoms with Gasteiger partial charge in [-0.25, -0.2) is 14.8 Å². The zero-order valence-electron chi connectivity index (χ0n) is 13.5. The number of imidazole rings is 1. The topological polar surface area (TPSA) is 107 Å². The van der Waals surface area contributed by atoms with E-state index in [1.165, 1.54) is 0 Å². The second-order valence-electron chi connectivity index (χ2n) is 5.78. The van der Waals surface area contributed by atoms with Crippen LogP contribution in [0, 0.1) is 0 Å². The van der Waals surface area contributed by atoms with Crippen LogP contribution < -0.4 is 11.4 Å². The number of anilines is 1. The van der Waals surface area contributed by atoms with E-state index in [2.05, 4.69) is 15.0 Å². The monoisotopic (exact) mass is 325 g/mol. The van der Waals surface area contributed by atoms with Crippen LogP contribution in [0.1, 0.15) is 31.2 Å². The minimum atomic E-state index is -0.268. The molecule has 2 heterocycles. The maximum atomic E-state index is 12.2. The van der Waals surface area contributed by atoms with Crippen molar-refractivity contribution < 1.29 is 4.79 Å². The van der Waals surface area contributed by atoms with Gasteiger partial charge in [0, 0.05) is 12.8 Å². The number of benzene rings is 1. The summed E-state index contributed by atoms with van der Waals surface area (Å²) in [5.41, 5.74) is 7.64. The minimum absolute atomic E-state index is 0.131. The summed E-state index contributed by atoms with van der Waals surface area (Å²) in [5.74, 6) is 0.926. The average Bonchev–Trinajstić information content (AvgIpc) is 2.85. The number of nitrogens with one attached hydrogen (secondary N) is 1. The van der Waals surface area contributed by atoms with Crippen molar-refractivity contribution in [3.8, 4) is 0 Å². The molecule has 0 amide bonds. The maximum Gasteiger partial charge on any atom is 0.328 e.